The topological polar surface area (TPSA) is 71.1 Å². The fraction of sp³-hybridized carbons (Fsp3) is 0.320. The highest BCUT2D eigenvalue weighted by Gasteiger charge is 2.13. The van der Waals surface area contributed by atoms with Crippen molar-refractivity contribution in [3.8, 4) is 11.3 Å². The zero-order valence-electron chi connectivity index (χ0n) is 17.5. The highest BCUT2D eigenvalue weighted by atomic mass is 16.2. The number of para-hydroxylation sites is 1. The summed E-state index contributed by atoms with van der Waals surface area (Å²) in [5, 5.41) is 6.73. The van der Waals surface area contributed by atoms with Gasteiger partial charge in [-0.05, 0) is 25.0 Å². The molecule has 0 aliphatic heterocycles. The maximum absolute atomic E-state index is 12.9. The molecule has 0 fully saturated rings. The quantitative estimate of drug-likeness (QED) is 0.481. The highest BCUT2D eigenvalue weighted by molar-refractivity contribution is 6.07. The number of pyridine rings is 1. The Morgan fingerprint density at radius 1 is 0.867 bits per heavy atom. The van der Waals surface area contributed by atoms with Gasteiger partial charge < -0.3 is 10.6 Å². The molecule has 0 bridgehead atoms. The minimum Gasteiger partial charge on any atom is -0.356 e. The standard InChI is InChI=1S/C25H29N3O2/c1-2-3-5-15-24(29)26-16-10-17-27-25(30)21-18-23(19-11-6-4-7-12-19)28-22-14-9-8-13-20(21)22/h4,6-9,11-14,18H,2-3,5,10,15-17H2,1H3,(H,26,29)(H,27,30). The van der Waals surface area contributed by atoms with Crippen LogP contribution in [0.1, 0.15) is 49.4 Å². The van der Waals surface area contributed by atoms with Gasteiger partial charge in [0, 0.05) is 30.5 Å². The van der Waals surface area contributed by atoms with Crippen molar-refractivity contribution < 1.29 is 9.59 Å². The number of benzene rings is 2. The largest absolute Gasteiger partial charge is 0.356 e. The molecule has 3 aromatic rings. The number of nitrogens with one attached hydrogen (secondary N) is 2. The molecule has 0 saturated carbocycles. The summed E-state index contributed by atoms with van der Waals surface area (Å²) in [7, 11) is 0. The number of rotatable bonds is 10. The molecular weight excluding hydrogens is 374 g/mol. The SMILES string of the molecule is CCCCCC(=O)NCCCNC(=O)c1cc(-c2ccccc2)nc2ccccc12. The van der Waals surface area contributed by atoms with Gasteiger partial charge in [-0.25, -0.2) is 4.98 Å². The Balaban J connectivity index is 1.61. The second-order valence-electron chi connectivity index (χ2n) is 7.35. The predicted molar refractivity (Wildman–Crippen MR) is 121 cm³/mol. The van der Waals surface area contributed by atoms with E-state index in [1.54, 1.807) is 0 Å². The number of carbonyl (C=O) groups excluding carboxylic acids is 2. The van der Waals surface area contributed by atoms with Crippen molar-refractivity contribution in [2.75, 3.05) is 13.1 Å². The van der Waals surface area contributed by atoms with Crippen molar-refractivity contribution in [1.29, 1.82) is 0 Å². The van der Waals surface area contributed by atoms with Crippen LogP contribution in [-0.4, -0.2) is 29.9 Å². The Hall–Kier alpha value is -3.21. The molecule has 5 nitrogen and oxygen atoms in total. The van der Waals surface area contributed by atoms with Gasteiger partial charge in [-0.3, -0.25) is 9.59 Å². The lowest BCUT2D eigenvalue weighted by atomic mass is 10.0. The van der Waals surface area contributed by atoms with E-state index in [4.69, 9.17) is 4.98 Å². The van der Waals surface area contributed by atoms with Gasteiger partial charge in [0.2, 0.25) is 5.91 Å². The predicted octanol–water partition coefficient (Wildman–Crippen LogP) is 4.72. The van der Waals surface area contributed by atoms with Crippen LogP contribution < -0.4 is 10.6 Å². The summed E-state index contributed by atoms with van der Waals surface area (Å²) in [5.74, 6) is -0.0394. The number of aromatic nitrogens is 1. The van der Waals surface area contributed by atoms with E-state index in [0.717, 1.165) is 41.4 Å². The lowest BCUT2D eigenvalue weighted by Crippen LogP contribution is -2.30. The van der Waals surface area contributed by atoms with Gasteiger partial charge in [-0.15, -0.1) is 0 Å². The third-order valence-electron chi connectivity index (χ3n) is 5.00. The minimum atomic E-state index is -0.125. The van der Waals surface area contributed by atoms with Gasteiger partial charge >= 0.3 is 0 Å². The molecule has 3 rings (SSSR count). The number of nitrogens with zero attached hydrogens (tertiary/aromatic N) is 1. The van der Waals surface area contributed by atoms with Crippen LogP contribution in [0.25, 0.3) is 22.2 Å². The lowest BCUT2D eigenvalue weighted by Gasteiger charge is -2.11. The first-order valence-corrected chi connectivity index (χ1v) is 10.7. The molecule has 5 heteroatoms. The maximum atomic E-state index is 12.9. The maximum Gasteiger partial charge on any atom is 0.252 e. The molecule has 1 heterocycles. The van der Waals surface area contributed by atoms with Gasteiger partial charge in [0.05, 0.1) is 16.8 Å². The summed E-state index contributed by atoms with van der Waals surface area (Å²) < 4.78 is 0. The molecule has 0 atom stereocenters. The van der Waals surface area contributed by atoms with E-state index < -0.39 is 0 Å². The summed E-state index contributed by atoms with van der Waals surface area (Å²) in [4.78, 5) is 29.4. The Bertz CT molecular complexity index is 986. The molecule has 0 unspecified atom stereocenters. The first-order valence-electron chi connectivity index (χ1n) is 10.7. The van der Waals surface area contributed by atoms with E-state index in [9.17, 15) is 9.59 Å². The number of amides is 2. The number of unbranched alkanes of at least 4 members (excludes halogenated alkanes) is 2. The van der Waals surface area contributed by atoms with Crippen LogP contribution in [0, 0.1) is 0 Å². The Morgan fingerprint density at radius 2 is 1.60 bits per heavy atom. The second kappa shape index (κ2) is 11.1. The summed E-state index contributed by atoms with van der Waals surface area (Å²) in [5.41, 5.74) is 3.16. The Labute approximate surface area is 177 Å². The fourth-order valence-electron chi connectivity index (χ4n) is 3.36. The molecule has 0 radical (unpaired) electrons. The Morgan fingerprint density at radius 3 is 2.40 bits per heavy atom. The number of carbonyl (C=O) groups is 2. The van der Waals surface area contributed by atoms with Crippen molar-refractivity contribution in [2.45, 2.75) is 39.0 Å². The van der Waals surface area contributed by atoms with E-state index in [-0.39, 0.29) is 11.8 Å². The smallest absolute Gasteiger partial charge is 0.252 e. The van der Waals surface area contributed by atoms with Crippen LogP contribution in [0.2, 0.25) is 0 Å². The van der Waals surface area contributed by atoms with Gasteiger partial charge in [0.25, 0.3) is 5.91 Å². The van der Waals surface area contributed by atoms with Gasteiger partial charge in [0.15, 0.2) is 0 Å². The summed E-state index contributed by atoms with van der Waals surface area (Å²) in [6.45, 7) is 3.19. The van der Waals surface area contributed by atoms with Crippen molar-refractivity contribution in [1.82, 2.24) is 15.6 Å². The van der Waals surface area contributed by atoms with Crippen LogP contribution in [0.5, 0.6) is 0 Å². The zero-order chi connectivity index (χ0) is 21.2. The molecule has 156 valence electrons. The van der Waals surface area contributed by atoms with Crippen molar-refractivity contribution in [3.63, 3.8) is 0 Å². The van der Waals surface area contributed by atoms with Crippen LogP contribution in [0.15, 0.2) is 60.7 Å². The molecule has 1 aromatic heterocycles. The van der Waals surface area contributed by atoms with Gasteiger partial charge in [0.1, 0.15) is 0 Å². The van der Waals surface area contributed by atoms with Crippen molar-refractivity contribution in [2.24, 2.45) is 0 Å². The fourth-order valence-corrected chi connectivity index (χ4v) is 3.36. The molecule has 2 aromatic carbocycles. The van der Waals surface area contributed by atoms with Gasteiger partial charge in [-0.1, -0.05) is 68.3 Å². The summed E-state index contributed by atoms with van der Waals surface area (Å²) in [6, 6.07) is 19.4. The molecule has 0 aliphatic rings. The third kappa shape index (κ3) is 5.89. The van der Waals surface area contributed by atoms with Crippen LogP contribution >= 0.6 is 0 Å². The molecule has 2 N–H and O–H groups in total. The Kier molecular flexibility index (Phi) is 7.95. The average molecular weight is 404 g/mol. The summed E-state index contributed by atoms with van der Waals surface area (Å²) >= 11 is 0. The number of hydrogen-bond donors (Lipinski definition) is 2. The van der Waals surface area contributed by atoms with Crippen molar-refractivity contribution >= 4 is 22.7 Å². The van der Waals surface area contributed by atoms with E-state index >= 15 is 0 Å². The van der Waals surface area contributed by atoms with E-state index in [1.165, 1.54) is 0 Å². The first kappa shape index (κ1) is 21.5. The number of hydrogen-bond acceptors (Lipinski definition) is 3. The number of fused-ring (bicyclic) bond motifs is 1. The van der Waals surface area contributed by atoms with E-state index in [2.05, 4.69) is 17.6 Å². The summed E-state index contributed by atoms with van der Waals surface area (Å²) in [6.07, 6.45) is 4.38. The molecule has 0 aliphatic carbocycles. The molecule has 0 saturated heterocycles. The van der Waals surface area contributed by atoms with Crippen LogP contribution in [0.3, 0.4) is 0 Å². The minimum absolute atomic E-state index is 0.0856. The van der Waals surface area contributed by atoms with E-state index in [0.29, 0.717) is 31.5 Å². The third-order valence-corrected chi connectivity index (χ3v) is 5.00. The molecule has 2 amide bonds. The zero-order valence-corrected chi connectivity index (χ0v) is 17.5. The molecular formula is C25H29N3O2. The van der Waals surface area contributed by atoms with Crippen LogP contribution in [0.4, 0.5) is 0 Å². The van der Waals surface area contributed by atoms with Crippen LogP contribution in [-0.2, 0) is 4.79 Å². The van der Waals surface area contributed by atoms with E-state index in [1.807, 2.05) is 60.7 Å². The van der Waals surface area contributed by atoms with Gasteiger partial charge in [-0.2, -0.15) is 0 Å². The molecule has 0 spiro atoms. The highest BCUT2D eigenvalue weighted by Crippen LogP contribution is 2.24. The molecule has 30 heavy (non-hydrogen) atoms. The first-order chi connectivity index (χ1) is 14.7. The second-order valence-corrected chi connectivity index (χ2v) is 7.35. The van der Waals surface area contributed by atoms with Crippen molar-refractivity contribution in [3.05, 3.63) is 66.2 Å². The normalized spacial score (nSPS) is 10.7. The average Bonchev–Trinajstić information content (AvgIpc) is 2.78. The monoisotopic (exact) mass is 403 g/mol. The lowest BCUT2D eigenvalue weighted by molar-refractivity contribution is -0.121.